The number of ether oxygens (including phenoxy) is 1. The van der Waals surface area contributed by atoms with Crippen molar-refractivity contribution in [1.29, 1.82) is 0 Å². The number of benzene rings is 1. The first-order chi connectivity index (χ1) is 9.78. The summed E-state index contributed by atoms with van der Waals surface area (Å²) in [6.45, 7) is 3.74. The highest BCUT2D eigenvalue weighted by Crippen LogP contribution is 2.12. The summed E-state index contributed by atoms with van der Waals surface area (Å²) in [5, 5.41) is 3.69. The Balaban J connectivity index is 1.90. The molecule has 1 N–H and O–H groups in total. The third kappa shape index (κ3) is 4.79. The average Bonchev–Trinajstić information content (AvgIpc) is 2.46. The lowest BCUT2D eigenvalue weighted by atomic mass is 10.1. The zero-order valence-electron chi connectivity index (χ0n) is 11.5. The van der Waals surface area contributed by atoms with Gasteiger partial charge < -0.3 is 10.1 Å². The molecular weight excluding hydrogens is 274 g/mol. The smallest absolute Gasteiger partial charge is 0.158 e. The molecule has 1 aromatic heterocycles. The van der Waals surface area contributed by atoms with Gasteiger partial charge in [0.25, 0.3) is 0 Å². The third-order valence-electron chi connectivity index (χ3n) is 2.74. The van der Waals surface area contributed by atoms with Crippen LogP contribution in [0, 0.1) is 0 Å². The molecule has 2 rings (SSSR count). The summed E-state index contributed by atoms with van der Waals surface area (Å²) < 4.78 is 5.29. The summed E-state index contributed by atoms with van der Waals surface area (Å²) in [6.07, 6.45) is 0.934. The van der Waals surface area contributed by atoms with Crippen molar-refractivity contribution < 1.29 is 4.74 Å². The second kappa shape index (κ2) is 7.82. The van der Waals surface area contributed by atoms with E-state index in [1.165, 1.54) is 5.56 Å². The maximum atomic E-state index is 5.98. The van der Waals surface area contributed by atoms with Crippen LogP contribution in [0.2, 0.25) is 5.15 Å². The van der Waals surface area contributed by atoms with Crippen molar-refractivity contribution in [2.24, 2.45) is 0 Å². The van der Waals surface area contributed by atoms with E-state index >= 15 is 0 Å². The molecule has 0 unspecified atom stereocenters. The van der Waals surface area contributed by atoms with Crippen LogP contribution in [0.4, 0.5) is 5.82 Å². The fourth-order valence-electron chi connectivity index (χ4n) is 1.79. The average molecular weight is 292 g/mol. The molecule has 0 aliphatic heterocycles. The zero-order chi connectivity index (χ0) is 14.2. The standard InChI is InChI=1S/C15H18ClN3O/c1-2-20-11-15-18-13(16)10-14(19-15)17-9-8-12-6-4-3-5-7-12/h3-7,10H,2,8-9,11H2,1H3,(H,17,18,19). The van der Waals surface area contributed by atoms with Gasteiger partial charge in [0.05, 0.1) is 0 Å². The first kappa shape index (κ1) is 14.8. The first-order valence-corrected chi connectivity index (χ1v) is 7.04. The van der Waals surface area contributed by atoms with Crippen molar-refractivity contribution in [3.05, 3.63) is 52.9 Å². The summed E-state index contributed by atoms with van der Waals surface area (Å²) in [5.74, 6) is 1.33. The van der Waals surface area contributed by atoms with E-state index in [0.717, 1.165) is 18.8 Å². The minimum Gasteiger partial charge on any atom is -0.374 e. The van der Waals surface area contributed by atoms with Crippen LogP contribution in [-0.4, -0.2) is 23.1 Å². The van der Waals surface area contributed by atoms with Gasteiger partial charge in [-0.05, 0) is 18.9 Å². The number of anilines is 1. The van der Waals surface area contributed by atoms with Crippen molar-refractivity contribution in [3.63, 3.8) is 0 Å². The van der Waals surface area contributed by atoms with Gasteiger partial charge in [-0.15, -0.1) is 0 Å². The quantitative estimate of drug-likeness (QED) is 0.795. The van der Waals surface area contributed by atoms with Gasteiger partial charge in [0.15, 0.2) is 5.82 Å². The van der Waals surface area contributed by atoms with Crippen molar-refractivity contribution >= 4 is 17.4 Å². The van der Waals surface area contributed by atoms with Crippen LogP contribution in [0.5, 0.6) is 0 Å². The molecule has 0 aliphatic rings. The number of halogens is 1. The van der Waals surface area contributed by atoms with Gasteiger partial charge in [-0.3, -0.25) is 0 Å². The minimum atomic E-state index is 0.379. The van der Waals surface area contributed by atoms with Crippen LogP contribution in [-0.2, 0) is 17.8 Å². The molecule has 0 bridgehead atoms. The van der Waals surface area contributed by atoms with Gasteiger partial charge in [0.2, 0.25) is 0 Å². The molecule has 0 amide bonds. The Labute approximate surface area is 124 Å². The summed E-state index contributed by atoms with van der Waals surface area (Å²) in [7, 11) is 0. The normalized spacial score (nSPS) is 10.5. The molecule has 5 heteroatoms. The van der Waals surface area contributed by atoms with E-state index in [-0.39, 0.29) is 0 Å². The molecule has 0 spiro atoms. The second-order valence-electron chi connectivity index (χ2n) is 4.29. The molecule has 1 aromatic carbocycles. The van der Waals surface area contributed by atoms with Gasteiger partial charge in [-0.2, -0.15) is 0 Å². The number of nitrogens with one attached hydrogen (secondary N) is 1. The monoisotopic (exact) mass is 291 g/mol. The zero-order valence-corrected chi connectivity index (χ0v) is 12.2. The van der Waals surface area contributed by atoms with Crippen LogP contribution >= 0.6 is 11.6 Å². The van der Waals surface area contributed by atoms with Crippen molar-refractivity contribution in [1.82, 2.24) is 9.97 Å². The van der Waals surface area contributed by atoms with Gasteiger partial charge in [0, 0.05) is 19.2 Å². The lowest BCUT2D eigenvalue weighted by Gasteiger charge is -2.08. The van der Waals surface area contributed by atoms with Gasteiger partial charge in [-0.25, -0.2) is 9.97 Å². The highest BCUT2D eigenvalue weighted by Gasteiger charge is 2.03. The Kier molecular flexibility index (Phi) is 5.77. The maximum Gasteiger partial charge on any atom is 0.158 e. The van der Waals surface area contributed by atoms with Crippen LogP contribution in [0.15, 0.2) is 36.4 Å². The molecule has 20 heavy (non-hydrogen) atoms. The number of aromatic nitrogens is 2. The predicted octanol–water partition coefficient (Wildman–Crippen LogP) is 3.32. The third-order valence-corrected chi connectivity index (χ3v) is 2.93. The molecule has 2 aromatic rings. The highest BCUT2D eigenvalue weighted by molar-refractivity contribution is 6.29. The number of hydrogen-bond acceptors (Lipinski definition) is 4. The number of hydrogen-bond donors (Lipinski definition) is 1. The number of nitrogens with zero attached hydrogens (tertiary/aromatic N) is 2. The first-order valence-electron chi connectivity index (χ1n) is 6.67. The van der Waals surface area contributed by atoms with Crippen molar-refractivity contribution in [2.45, 2.75) is 20.0 Å². The Morgan fingerprint density at radius 3 is 2.75 bits per heavy atom. The SMILES string of the molecule is CCOCc1nc(Cl)cc(NCCc2ccccc2)n1. The summed E-state index contributed by atoms with van der Waals surface area (Å²) in [5.41, 5.74) is 1.29. The number of rotatable bonds is 7. The fourth-order valence-corrected chi connectivity index (χ4v) is 1.99. The Bertz CT molecular complexity index is 534. The van der Waals surface area contributed by atoms with Crippen molar-refractivity contribution in [2.75, 3.05) is 18.5 Å². The molecule has 0 aliphatic carbocycles. The minimum absolute atomic E-state index is 0.379. The second-order valence-corrected chi connectivity index (χ2v) is 4.68. The molecule has 1 heterocycles. The molecule has 0 radical (unpaired) electrons. The Morgan fingerprint density at radius 2 is 2.00 bits per heavy atom. The summed E-state index contributed by atoms with van der Waals surface area (Å²) >= 11 is 5.98. The molecule has 0 saturated carbocycles. The van der Waals surface area contributed by atoms with Crippen LogP contribution < -0.4 is 5.32 Å². The van der Waals surface area contributed by atoms with Crippen molar-refractivity contribution in [3.8, 4) is 0 Å². The summed E-state index contributed by atoms with van der Waals surface area (Å²) in [4.78, 5) is 8.50. The van der Waals surface area contributed by atoms with Gasteiger partial charge in [-0.1, -0.05) is 41.9 Å². The van der Waals surface area contributed by atoms with E-state index in [9.17, 15) is 0 Å². The largest absolute Gasteiger partial charge is 0.374 e. The maximum absolute atomic E-state index is 5.98. The lowest BCUT2D eigenvalue weighted by Crippen LogP contribution is -2.09. The molecule has 0 atom stereocenters. The van der Waals surface area contributed by atoms with E-state index in [1.807, 2.05) is 25.1 Å². The van der Waals surface area contributed by atoms with Crippen LogP contribution in [0.1, 0.15) is 18.3 Å². The molecule has 4 nitrogen and oxygen atoms in total. The van der Waals surface area contributed by atoms with Crippen LogP contribution in [0.3, 0.4) is 0 Å². The van der Waals surface area contributed by atoms with E-state index < -0.39 is 0 Å². The Morgan fingerprint density at radius 1 is 1.20 bits per heavy atom. The Hall–Kier alpha value is -1.65. The molecule has 106 valence electrons. The van der Waals surface area contributed by atoms with E-state index in [0.29, 0.717) is 24.2 Å². The van der Waals surface area contributed by atoms with E-state index in [1.54, 1.807) is 6.07 Å². The predicted molar refractivity (Wildman–Crippen MR) is 81.0 cm³/mol. The topological polar surface area (TPSA) is 47.0 Å². The van der Waals surface area contributed by atoms with Gasteiger partial charge >= 0.3 is 0 Å². The van der Waals surface area contributed by atoms with E-state index in [2.05, 4.69) is 27.4 Å². The van der Waals surface area contributed by atoms with E-state index in [4.69, 9.17) is 16.3 Å². The molecule has 0 fully saturated rings. The van der Waals surface area contributed by atoms with Gasteiger partial charge in [0.1, 0.15) is 17.6 Å². The highest BCUT2D eigenvalue weighted by atomic mass is 35.5. The fraction of sp³-hybridized carbons (Fsp3) is 0.333. The molecular formula is C15H18ClN3O. The molecule has 0 saturated heterocycles. The summed E-state index contributed by atoms with van der Waals surface area (Å²) in [6, 6.07) is 12.0. The lowest BCUT2D eigenvalue weighted by molar-refractivity contribution is 0.128. The van der Waals surface area contributed by atoms with Crippen LogP contribution in [0.25, 0.3) is 0 Å².